The van der Waals surface area contributed by atoms with Crippen molar-refractivity contribution >= 4 is 0 Å². The van der Waals surface area contributed by atoms with Crippen LogP contribution in [-0.2, 0) is 26.1 Å². The summed E-state index contributed by atoms with van der Waals surface area (Å²) in [5, 5.41) is 10.4. The summed E-state index contributed by atoms with van der Waals surface area (Å²) in [5.41, 5.74) is 4.62. The van der Waals surface area contributed by atoms with Crippen molar-refractivity contribution in [3.8, 4) is 17.1 Å². The summed E-state index contributed by atoms with van der Waals surface area (Å²) in [7, 11) is 0. The van der Waals surface area contributed by atoms with E-state index in [9.17, 15) is 9.90 Å². The lowest BCUT2D eigenvalue weighted by atomic mass is 10.0. The van der Waals surface area contributed by atoms with Crippen molar-refractivity contribution in [1.29, 1.82) is 0 Å². The van der Waals surface area contributed by atoms with Crippen molar-refractivity contribution in [1.82, 2.24) is 24.8 Å². The first kappa shape index (κ1) is 20.8. The quantitative estimate of drug-likeness (QED) is 0.646. The van der Waals surface area contributed by atoms with Gasteiger partial charge in [-0.2, -0.15) is 0 Å². The molecule has 1 fully saturated rings. The van der Waals surface area contributed by atoms with E-state index in [-0.39, 0.29) is 5.56 Å². The maximum Gasteiger partial charge on any atom is 0.254 e. The molecule has 0 saturated carbocycles. The van der Waals surface area contributed by atoms with Crippen LogP contribution in [0, 0.1) is 0 Å². The van der Waals surface area contributed by atoms with Crippen LogP contribution in [0.2, 0.25) is 0 Å². The number of hydrogen-bond acceptors (Lipinski definition) is 6. The van der Waals surface area contributed by atoms with Crippen molar-refractivity contribution in [2.75, 3.05) is 19.6 Å². The molecule has 3 aromatic rings. The summed E-state index contributed by atoms with van der Waals surface area (Å²) in [6.07, 6.45) is 7.87. The van der Waals surface area contributed by atoms with Crippen LogP contribution in [0.15, 0.2) is 47.5 Å². The first-order valence-corrected chi connectivity index (χ1v) is 11.4. The maximum atomic E-state index is 12.6. The highest BCUT2D eigenvalue weighted by molar-refractivity contribution is 5.54. The van der Waals surface area contributed by atoms with E-state index in [1.165, 1.54) is 24.8 Å². The van der Waals surface area contributed by atoms with Gasteiger partial charge in [-0.15, -0.1) is 0 Å². The van der Waals surface area contributed by atoms with Gasteiger partial charge in [0.15, 0.2) is 0 Å². The SMILES string of the molecule is O=c1[nH]c(-c2ccncc2)nc2c1CCN(Cc1ccc(O)c(CN3CCCCC3)c1)C2. The second-order valence-electron chi connectivity index (χ2n) is 8.84. The third-order valence-electron chi connectivity index (χ3n) is 6.50. The maximum absolute atomic E-state index is 12.6. The number of H-pyrrole nitrogens is 1. The Morgan fingerprint density at radius 1 is 0.969 bits per heavy atom. The molecule has 1 aromatic carbocycles. The van der Waals surface area contributed by atoms with Crippen LogP contribution in [0.5, 0.6) is 5.75 Å². The molecule has 2 aromatic heterocycles. The first-order valence-electron chi connectivity index (χ1n) is 11.4. The number of nitrogens with zero attached hydrogens (tertiary/aromatic N) is 4. The number of fused-ring (bicyclic) bond motifs is 1. The lowest BCUT2D eigenvalue weighted by Crippen LogP contribution is -2.35. The number of phenolic OH excluding ortho intramolecular Hbond substituents is 1. The molecule has 5 rings (SSSR count). The van der Waals surface area contributed by atoms with Crippen LogP contribution in [0.1, 0.15) is 41.6 Å². The van der Waals surface area contributed by atoms with E-state index in [0.29, 0.717) is 24.5 Å². The first-order chi connectivity index (χ1) is 15.7. The normalized spacial score (nSPS) is 17.2. The van der Waals surface area contributed by atoms with E-state index < -0.39 is 0 Å². The van der Waals surface area contributed by atoms with Gasteiger partial charge in [0.25, 0.3) is 5.56 Å². The van der Waals surface area contributed by atoms with Gasteiger partial charge in [-0.1, -0.05) is 12.5 Å². The summed E-state index contributed by atoms with van der Waals surface area (Å²) < 4.78 is 0. The minimum absolute atomic E-state index is 0.0464. The van der Waals surface area contributed by atoms with Crippen LogP contribution in [-0.4, -0.2) is 49.5 Å². The molecule has 0 spiro atoms. The van der Waals surface area contributed by atoms with E-state index in [4.69, 9.17) is 4.98 Å². The molecule has 7 nitrogen and oxygen atoms in total. The van der Waals surface area contributed by atoms with Crippen LogP contribution < -0.4 is 5.56 Å². The number of aromatic hydroxyl groups is 1. The van der Waals surface area contributed by atoms with Gasteiger partial charge in [-0.05, 0) is 62.2 Å². The molecule has 7 heteroatoms. The van der Waals surface area contributed by atoms with Crippen LogP contribution in [0.25, 0.3) is 11.4 Å². The van der Waals surface area contributed by atoms with Crippen LogP contribution >= 0.6 is 0 Å². The Hall–Kier alpha value is -3.03. The number of piperidine rings is 1. The van der Waals surface area contributed by atoms with E-state index in [1.807, 2.05) is 24.3 Å². The van der Waals surface area contributed by atoms with Crippen molar-refractivity contribution in [2.45, 2.75) is 45.3 Å². The number of nitrogens with one attached hydrogen (secondary N) is 1. The standard InChI is InChI=1S/C25H29N5O2/c31-23-5-4-18(14-20(23)16-29-11-2-1-3-12-29)15-30-13-8-21-22(17-30)27-24(28-25(21)32)19-6-9-26-10-7-19/h4-7,9-10,14,31H,1-3,8,11-13,15-17H2,(H,27,28,32). The predicted octanol–water partition coefficient (Wildman–Crippen LogP) is 3.08. The molecule has 0 unspecified atom stereocenters. The molecule has 2 N–H and O–H groups in total. The number of aromatic nitrogens is 3. The molecule has 32 heavy (non-hydrogen) atoms. The fourth-order valence-corrected chi connectivity index (χ4v) is 4.76. The van der Waals surface area contributed by atoms with Crippen LogP contribution in [0.4, 0.5) is 0 Å². The number of aromatic amines is 1. The minimum Gasteiger partial charge on any atom is -0.508 e. The summed E-state index contributed by atoms with van der Waals surface area (Å²) in [4.78, 5) is 29.1. The Morgan fingerprint density at radius 2 is 1.78 bits per heavy atom. The Labute approximate surface area is 187 Å². The second-order valence-corrected chi connectivity index (χ2v) is 8.84. The van der Waals surface area contributed by atoms with Gasteiger partial charge in [-0.3, -0.25) is 19.6 Å². The fraction of sp³-hybridized carbons (Fsp3) is 0.400. The van der Waals surface area contributed by atoms with Gasteiger partial charge in [0.05, 0.1) is 5.69 Å². The number of benzene rings is 1. The topological polar surface area (TPSA) is 85.3 Å². The van der Waals surface area contributed by atoms with Gasteiger partial charge in [0, 0.05) is 55.3 Å². The number of pyridine rings is 1. The van der Waals surface area contributed by atoms with E-state index in [1.54, 1.807) is 12.4 Å². The second kappa shape index (κ2) is 9.22. The molecule has 166 valence electrons. The van der Waals surface area contributed by atoms with Crippen molar-refractivity contribution in [3.63, 3.8) is 0 Å². The molecule has 1 saturated heterocycles. The number of hydrogen-bond donors (Lipinski definition) is 2. The lowest BCUT2D eigenvalue weighted by Gasteiger charge is -2.29. The summed E-state index contributed by atoms with van der Waals surface area (Å²) in [6, 6.07) is 9.65. The average Bonchev–Trinajstić information content (AvgIpc) is 2.82. The average molecular weight is 432 g/mol. The zero-order valence-corrected chi connectivity index (χ0v) is 18.3. The molecule has 2 aliphatic heterocycles. The highest BCUT2D eigenvalue weighted by Crippen LogP contribution is 2.25. The largest absolute Gasteiger partial charge is 0.508 e. The number of phenols is 1. The fourth-order valence-electron chi connectivity index (χ4n) is 4.76. The summed E-state index contributed by atoms with van der Waals surface area (Å²) in [5.74, 6) is 0.963. The lowest BCUT2D eigenvalue weighted by molar-refractivity contribution is 0.218. The molecule has 4 heterocycles. The van der Waals surface area contributed by atoms with Crippen LogP contribution in [0.3, 0.4) is 0 Å². The molecule has 0 atom stereocenters. The number of likely N-dealkylation sites (tertiary alicyclic amines) is 1. The van der Waals surface area contributed by atoms with E-state index >= 15 is 0 Å². The van der Waals surface area contributed by atoms with Gasteiger partial charge >= 0.3 is 0 Å². The zero-order chi connectivity index (χ0) is 21.9. The molecule has 0 amide bonds. The Balaban J connectivity index is 1.32. The predicted molar refractivity (Wildman–Crippen MR) is 123 cm³/mol. The molecule has 0 radical (unpaired) electrons. The van der Waals surface area contributed by atoms with E-state index in [0.717, 1.165) is 55.1 Å². The third-order valence-corrected chi connectivity index (χ3v) is 6.50. The highest BCUT2D eigenvalue weighted by atomic mass is 16.3. The Morgan fingerprint density at radius 3 is 2.59 bits per heavy atom. The summed E-state index contributed by atoms with van der Waals surface area (Å²) >= 11 is 0. The smallest absolute Gasteiger partial charge is 0.254 e. The van der Waals surface area contributed by atoms with Crippen molar-refractivity contribution < 1.29 is 5.11 Å². The van der Waals surface area contributed by atoms with Crippen molar-refractivity contribution in [3.05, 3.63) is 75.5 Å². The van der Waals surface area contributed by atoms with Gasteiger partial charge in [0.2, 0.25) is 0 Å². The molecule has 0 bridgehead atoms. The van der Waals surface area contributed by atoms with Gasteiger partial charge in [-0.25, -0.2) is 4.98 Å². The third kappa shape index (κ3) is 4.59. The summed E-state index contributed by atoms with van der Waals surface area (Å²) in [6.45, 7) is 5.23. The minimum atomic E-state index is -0.0464. The van der Waals surface area contributed by atoms with Gasteiger partial charge < -0.3 is 10.1 Å². The van der Waals surface area contributed by atoms with Crippen molar-refractivity contribution in [2.24, 2.45) is 0 Å². The Kier molecular flexibility index (Phi) is 6.01. The molecule has 2 aliphatic rings. The Bertz CT molecular complexity index is 1140. The zero-order valence-electron chi connectivity index (χ0n) is 18.3. The molecular formula is C25H29N5O2. The van der Waals surface area contributed by atoms with Gasteiger partial charge in [0.1, 0.15) is 11.6 Å². The number of rotatable bonds is 5. The highest BCUT2D eigenvalue weighted by Gasteiger charge is 2.22. The molecule has 0 aliphatic carbocycles. The monoisotopic (exact) mass is 431 g/mol. The molecular weight excluding hydrogens is 402 g/mol. The van der Waals surface area contributed by atoms with E-state index in [2.05, 4.69) is 25.8 Å².